The van der Waals surface area contributed by atoms with Crippen molar-refractivity contribution in [2.45, 2.75) is 23.8 Å². The Labute approximate surface area is 129 Å². The molecule has 0 bridgehead atoms. The highest BCUT2D eigenvalue weighted by molar-refractivity contribution is 9.11. The van der Waals surface area contributed by atoms with Crippen molar-refractivity contribution in [3.63, 3.8) is 0 Å². The molecule has 0 spiro atoms. The van der Waals surface area contributed by atoms with Crippen LogP contribution in [0.15, 0.2) is 14.7 Å². The third-order valence-corrected chi connectivity index (χ3v) is 7.11. The molecule has 1 saturated carbocycles. The van der Waals surface area contributed by atoms with E-state index in [0.717, 1.165) is 24.2 Å². The number of halogens is 1. The maximum atomic E-state index is 12.6. The fourth-order valence-electron chi connectivity index (χ4n) is 1.80. The molecule has 2 rings (SSSR count). The normalized spacial score (nSPS) is 15.8. The summed E-state index contributed by atoms with van der Waals surface area (Å²) in [6.45, 7) is 0.581. The van der Waals surface area contributed by atoms with Gasteiger partial charge in [0.1, 0.15) is 9.77 Å². The van der Waals surface area contributed by atoms with Crippen molar-refractivity contribution in [3.8, 4) is 0 Å². The summed E-state index contributed by atoms with van der Waals surface area (Å²) in [7, 11) is -2.19. The zero-order chi connectivity index (χ0) is 14.9. The maximum Gasteiger partial charge on any atom is 0.345 e. The van der Waals surface area contributed by atoms with Gasteiger partial charge in [-0.2, -0.15) is 4.31 Å². The van der Waals surface area contributed by atoms with E-state index in [1.165, 1.54) is 17.5 Å². The predicted molar refractivity (Wildman–Crippen MR) is 77.8 cm³/mol. The highest BCUT2D eigenvalue weighted by Crippen LogP contribution is 2.37. The fraction of sp³-hybridized carbons (Fsp3) is 0.545. The maximum absolute atomic E-state index is 12.6. The zero-order valence-electron chi connectivity index (χ0n) is 10.7. The second-order valence-corrected chi connectivity index (χ2v) is 8.62. The van der Waals surface area contributed by atoms with Gasteiger partial charge in [-0.1, -0.05) is 0 Å². The first-order valence-electron chi connectivity index (χ1n) is 5.91. The number of carbonyl (C=O) groups is 1. The van der Waals surface area contributed by atoms with Crippen molar-refractivity contribution >= 4 is 43.3 Å². The quantitative estimate of drug-likeness (QED) is 0.778. The summed E-state index contributed by atoms with van der Waals surface area (Å²) in [6, 6.07) is 1.20. The third kappa shape index (κ3) is 3.22. The van der Waals surface area contributed by atoms with Crippen molar-refractivity contribution in [2.75, 3.05) is 20.3 Å². The van der Waals surface area contributed by atoms with Gasteiger partial charge in [0.15, 0.2) is 0 Å². The lowest BCUT2D eigenvalue weighted by Gasteiger charge is -2.21. The van der Waals surface area contributed by atoms with Crippen molar-refractivity contribution in [2.24, 2.45) is 0 Å². The molecule has 0 unspecified atom stereocenters. The van der Waals surface area contributed by atoms with Gasteiger partial charge in [0.25, 0.3) is 0 Å². The average Bonchev–Trinajstić information content (AvgIpc) is 3.10. The van der Waals surface area contributed by atoms with Gasteiger partial charge in [0.05, 0.1) is 10.4 Å². The Hall–Kier alpha value is -0.480. The first-order chi connectivity index (χ1) is 9.37. The summed E-state index contributed by atoms with van der Waals surface area (Å²) >= 11 is 4.05. The highest BCUT2D eigenvalue weighted by Gasteiger charge is 2.39. The van der Waals surface area contributed by atoms with Crippen LogP contribution in [0.4, 0.5) is 0 Å². The van der Waals surface area contributed by atoms with Crippen LogP contribution >= 0.6 is 27.3 Å². The molecule has 1 aliphatic carbocycles. The number of rotatable bonds is 7. The molecule has 112 valence electrons. The lowest BCUT2D eigenvalue weighted by molar-refractivity contribution is 0.0702. The molecule has 1 fully saturated rings. The predicted octanol–water partition coefficient (Wildman–Crippen LogP) is 2.01. The zero-order valence-corrected chi connectivity index (χ0v) is 13.9. The standard InChI is InChI=1S/C11H14BrNO5S2/c1-18-5-4-13(7-2-3-7)20(16,17)9-6-8(11(14)15)19-10(9)12/h6-7H,2-5H2,1H3,(H,14,15). The molecule has 1 aromatic heterocycles. The summed E-state index contributed by atoms with van der Waals surface area (Å²) in [5.74, 6) is -1.13. The Bertz CT molecular complexity index is 608. The SMILES string of the molecule is COCCN(C1CC1)S(=O)(=O)c1cc(C(=O)O)sc1Br. The van der Waals surface area contributed by atoms with Crippen LogP contribution in [0, 0.1) is 0 Å². The van der Waals surface area contributed by atoms with Crippen LogP contribution in [0.2, 0.25) is 0 Å². The molecule has 0 atom stereocenters. The van der Waals surface area contributed by atoms with Crippen molar-refractivity contribution in [1.29, 1.82) is 0 Å². The Morgan fingerprint density at radius 3 is 2.70 bits per heavy atom. The Kier molecular flexibility index (Phi) is 4.85. The van der Waals surface area contributed by atoms with Crippen LogP contribution in [-0.4, -0.2) is 50.1 Å². The number of ether oxygens (including phenoxy) is 1. The lowest BCUT2D eigenvalue weighted by atomic mass is 10.5. The number of carboxylic acids is 1. The van der Waals surface area contributed by atoms with E-state index in [-0.39, 0.29) is 22.4 Å². The number of carboxylic acid groups (broad SMARTS) is 1. The van der Waals surface area contributed by atoms with Crippen LogP contribution in [0.3, 0.4) is 0 Å². The van der Waals surface area contributed by atoms with Gasteiger partial charge in [-0.05, 0) is 34.8 Å². The second kappa shape index (κ2) is 6.10. The van der Waals surface area contributed by atoms with Crippen LogP contribution in [-0.2, 0) is 14.8 Å². The first-order valence-corrected chi connectivity index (χ1v) is 8.96. The Morgan fingerprint density at radius 1 is 1.60 bits per heavy atom. The van der Waals surface area contributed by atoms with E-state index >= 15 is 0 Å². The minimum Gasteiger partial charge on any atom is -0.477 e. The van der Waals surface area contributed by atoms with E-state index in [4.69, 9.17) is 9.84 Å². The van der Waals surface area contributed by atoms with Gasteiger partial charge in [-0.15, -0.1) is 11.3 Å². The number of nitrogens with zero attached hydrogens (tertiary/aromatic N) is 1. The summed E-state index contributed by atoms with van der Waals surface area (Å²) in [5, 5.41) is 8.95. The number of hydrogen-bond donors (Lipinski definition) is 1. The number of hydrogen-bond acceptors (Lipinski definition) is 5. The largest absolute Gasteiger partial charge is 0.477 e. The third-order valence-electron chi connectivity index (χ3n) is 2.92. The van der Waals surface area contributed by atoms with Crippen molar-refractivity contribution < 1.29 is 23.1 Å². The number of methoxy groups -OCH3 is 1. The molecule has 9 heteroatoms. The van der Waals surface area contributed by atoms with Gasteiger partial charge >= 0.3 is 5.97 Å². The molecule has 0 aliphatic heterocycles. The Balaban J connectivity index is 2.34. The molecule has 6 nitrogen and oxygen atoms in total. The minimum atomic E-state index is -3.70. The molecule has 1 N–H and O–H groups in total. The molecule has 0 radical (unpaired) electrons. The van der Waals surface area contributed by atoms with Crippen LogP contribution in [0.1, 0.15) is 22.5 Å². The van der Waals surface area contributed by atoms with Crippen LogP contribution in [0.25, 0.3) is 0 Å². The van der Waals surface area contributed by atoms with Crippen LogP contribution < -0.4 is 0 Å². The number of thiophene rings is 1. The highest BCUT2D eigenvalue weighted by atomic mass is 79.9. The smallest absolute Gasteiger partial charge is 0.345 e. The first kappa shape index (κ1) is 15.9. The molecule has 0 aromatic carbocycles. The lowest BCUT2D eigenvalue weighted by Crippen LogP contribution is -2.35. The topological polar surface area (TPSA) is 83.9 Å². The van der Waals surface area contributed by atoms with Gasteiger partial charge in [-0.25, -0.2) is 13.2 Å². The summed E-state index contributed by atoms with van der Waals surface area (Å²) in [6.07, 6.45) is 1.66. The van der Waals surface area contributed by atoms with Gasteiger partial charge < -0.3 is 9.84 Å². The monoisotopic (exact) mass is 383 g/mol. The molecule has 1 aliphatic rings. The van der Waals surface area contributed by atoms with Gasteiger partial charge in [0, 0.05) is 19.7 Å². The Morgan fingerprint density at radius 2 is 2.25 bits per heavy atom. The van der Waals surface area contributed by atoms with Crippen molar-refractivity contribution in [3.05, 3.63) is 14.7 Å². The summed E-state index contributed by atoms with van der Waals surface area (Å²) in [5.41, 5.74) is 0. The van der Waals surface area contributed by atoms with Crippen LogP contribution in [0.5, 0.6) is 0 Å². The van der Waals surface area contributed by atoms with E-state index in [1.807, 2.05) is 0 Å². The van der Waals surface area contributed by atoms with E-state index in [0.29, 0.717) is 10.4 Å². The fourth-order valence-corrected chi connectivity index (χ4v) is 5.83. The van der Waals surface area contributed by atoms with Crippen molar-refractivity contribution in [1.82, 2.24) is 4.31 Å². The molecule has 0 amide bonds. The minimum absolute atomic E-state index is 0.00191. The average molecular weight is 384 g/mol. The molecular weight excluding hydrogens is 370 g/mol. The van der Waals surface area contributed by atoms with E-state index in [9.17, 15) is 13.2 Å². The molecular formula is C11H14BrNO5S2. The van der Waals surface area contributed by atoms with Gasteiger partial charge in [-0.3, -0.25) is 0 Å². The van der Waals surface area contributed by atoms with E-state index in [2.05, 4.69) is 15.9 Å². The molecule has 1 aromatic rings. The van der Waals surface area contributed by atoms with E-state index < -0.39 is 16.0 Å². The van der Waals surface area contributed by atoms with Gasteiger partial charge in [0.2, 0.25) is 10.0 Å². The summed E-state index contributed by atoms with van der Waals surface area (Å²) in [4.78, 5) is 11.0. The number of sulfonamides is 1. The molecule has 0 saturated heterocycles. The van der Waals surface area contributed by atoms with E-state index in [1.54, 1.807) is 0 Å². The summed E-state index contributed by atoms with van der Waals surface area (Å²) < 4.78 is 31.9. The second-order valence-electron chi connectivity index (χ2n) is 4.39. The molecule has 1 heterocycles. The molecule has 20 heavy (non-hydrogen) atoms. The number of aromatic carboxylic acids is 1.